The van der Waals surface area contributed by atoms with Crippen molar-refractivity contribution in [2.75, 3.05) is 5.32 Å². The maximum atomic E-state index is 12.3. The zero-order chi connectivity index (χ0) is 23.2. The van der Waals surface area contributed by atoms with Gasteiger partial charge >= 0.3 is 6.09 Å². The molecule has 2 heterocycles. The number of nitrogens with zero attached hydrogens (tertiary/aromatic N) is 3. The quantitative estimate of drug-likeness (QED) is 0.612. The van der Waals surface area contributed by atoms with Gasteiger partial charge in [0.05, 0.1) is 29.5 Å². The molecule has 0 aliphatic carbocycles. The molecular weight excluding hydrogens is 394 g/mol. The third-order valence-corrected chi connectivity index (χ3v) is 4.49. The number of aromatic nitrogens is 3. The Bertz CT molecular complexity index is 958. The summed E-state index contributed by atoms with van der Waals surface area (Å²) in [4.78, 5) is 29.0. The fourth-order valence-corrected chi connectivity index (χ4v) is 2.90. The van der Waals surface area contributed by atoms with E-state index in [0.29, 0.717) is 17.8 Å². The van der Waals surface area contributed by atoms with Gasteiger partial charge in [-0.05, 0) is 38.8 Å². The highest BCUT2D eigenvalue weighted by molar-refractivity contribution is 5.96. The van der Waals surface area contributed by atoms with Gasteiger partial charge in [0.1, 0.15) is 5.60 Å². The molecule has 0 aliphatic rings. The molecule has 2 aromatic heterocycles. The molecule has 0 radical (unpaired) electrons. The van der Waals surface area contributed by atoms with Crippen molar-refractivity contribution >= 4 is 17.7 Å². The van der Waals surface area contributed by atoms with Gasteiger partial charge < -0.3 is 15.4 Å². The minimum atomic E-state index is -0.604. The van der Waals surface area contributed by atoms with Crippen molar-refractivity contribution in [3.05, 3.63) is 55.5 Å². The molecule has 0 saturated carbocycles. The van der Waals surface area contributed by atoms with E-state index in [1.165, 1.54) is 0 Å². The Labute approximate surface area is 183 Å². The van der Waals surface area contributed by atoms with E-state index in [2.05, 4.69) is 33.9 Å². The maximum Gasteiger partial charge on any atom is 0.408 e. The van der Waals surface area contributed by atoms with Crippen LogP contribution in [0.1, 0.15) is 45.7 Å². The molecule has 0 saturated heterocycles. The number of ether oxygens (including phenoxy) is 1. The van der Waals surface area contributed by atoms with E-state index < -0.39 is 11.7 Å². The molecule has 8 heteroatoms. The van der Waals surface area contributed by atoms with E-state index in [1.54, 1.807) is 49.4 Å². The van der Waals surface area contributed by atoms with Crippen molar-refractivity contribution < 1.29 is 14.3 Å². The molecule has 2 unspecified atom stereocenters. The average Bonchev–Trinajstić information content (AvgIpc) is 3.05. The van der Waals surface area contributed by atoms with E-state index in [-0.39, 0.29) is 17.9 Å². The van der Waals surface area contributed by atoms with Gasteiger partial charge in [-0.15, -0.1) is 13.2 Å². The van der Waals surface area contributed by atoms with Gasteiger partial charge in [0.25, 0.3) is 0 Å². The van der Waals surface area contributed by atoms with Gasteiger partial charge in [-0.25, -0.2) is 4.79 Å². The molecule has 0 aliphatic heterocycles. The number of hydrogen-bond donors (Lipinski definition) is 2. The van der Waals surface area contributed by atoms with Crippen LogP contribution in [-0.4, -0.2) is 32.4 Å². The summed E-state index contributed by atoms with van der Waals surface area (Å²) in [6, 6.07) is 1.54. The Kier molecular flexibility index (Phi) is 7.74. The zero-order valence-electron chi connectivity index (χ0n) is 18.8. The van der Waals surface area contributed by atoms with Crippen LogP contribution in [0.4, 0.5) is 10.5 Å². The van der Waals surface area contributed by atoms with Gasteiger partial charge in [0.2, 0.25) is 5.91 Å². The van der Waals surface area contributed by atoms with Gasteiger partial charge in [0, 0.05) is 25.0 Å². The number of carbonyl (C=O) groups is 2. The van der Waals surface area contributed by atoms with Crippen molar-refractivity contribution in [2.24, 2.45) is 13.0 Å². The summed E-state index contributed by atoms with van der Waals surface area (Å²) in [5.74, 6) is -0.517. The van der Waals surface area contributed by atoms with Crippen LogP contribution in [0.5, 0.6) is 0 Å². The van der Waals surface area contributed by atoms with E-state index in [1.807, 2.05) is 26.8 Å². The first-order valence-corrected chi connectivity index (χ1v) is 10.1. The second-order valence-electron chi connectivity index (χ2n) is 8.27. The van der Waals surface area contributed by atoms with E-state index in [9.17, 15) is 9.59 Å². The third-order valence-electron chi connectivity index (χ3n) is 4.49. The molecule has 31 heavy (non-hydrogen) atoms. The topological polar surface area (TPSA) is 98.1 Å². The number of amides is 2. The third kappa shape index (κ3) is 6.53. The highest BCUT2D eigenvalue weighted by atomic mass is 16.6. The minimum absolute atomic E-state index is 0.176. The summed E-state index contributed by atoms with van der Waals surface area (Å²) in [6.45, 7) is 14.6. The lowest BCUT2D eigenvalue weighted by Crippen LogP contribution is -2.34. The van der Waals surface area contributed by atoms with Crippen LogP contribution in [-0.2, 0) is 16.6 Å². The van der Waals surface area contributed by atoms with Gasteiger partial charge in [-0.3, -0.25) is 14.5 Å². The number of alkyl carbamates (subject to hydrolysis) is 1. The molecule has 2 amide bonds. The van der Waals surface area contributed by atoms with E-state index >= 15 is 0 Å². The smallest absolute Gasteiger partial charge is 0.408 e. The molecule has 0 bridgehead atoms. The zero-order valence-corrected chi connectivity index (χ0v) is 18.8. The summed E-state index contributed by atoms with van der Waals surface area (Å²) in [6.07, 6.45) is 8.24. The highest BCUT2D eigenvalue weighted by Gasteiger charge is 2.22. The molecule has 0 aromatic carbocycles. The summed E-state index contributed by atoms with van der Waals surface area (Å²) in [5, 5.41) is 10.0. The SMILES string of the molecule is C=CCC(NC(=O)OC(C)(C)C)c1cncc(-c2c(NC(=O)C(C)C=C)cnn2C)c1. The summed E-state index contributed by atoms with van der Waals surface area (Å²) >= 11 is 0. The second kappa shape index (κ2) is 10.1. The maximum absolute atomic E-state index is 12.3. The molecule has 0 fully saturated rings. The Morgan fingerprint density at radius 3 is 2.58 bits per heavy atom. The molecule has 0 spiro atoms. The first kappa shape index (κ1) is 23.9. The minimum Gasteiger partial charge on any atom is -0.444 e. The van der Waals surface area contributed by atoms with Crippen molar-refractivity contribution in [3.8, 4) is 11.3 Å². The number of nitrogens with one attached hydrogen (secondary N) is 2. The largest absolute Gasteiger partial charge is 0.444 e. The van der Waals surface area contributed by atoms with Crippen LogP contribution in [0.15, 0.2) is 50.0 Å². The Hall–Kier alpha value is -3.42. The first-order chi connectivity index (χ1) is 14.6. The summed E-state index contributed by atoms with van der Waals surface area (Å²) < 4.78 is 7.04. The van der Waals surface area contributed by atoms with Crippen molar-refractivity contribution in [1.29, 1.82) is 0 Å². The molecule has 166 valence electrons. The Balaban J connectivity index is 2.34. The first-order valence-electron chi connectivity index (χ1n) is 10.1. The molecule has 2 rings (SSSR count). The van der Waals surface area contributed by atoms with Crippen LogP contribution < -0.4 is 10.6 Å². The van der Waals surface area contributed by atoms with Crippen LogP contribution in [0.2, 0.25) is 0 Å². The van der Waals surface area contributed by atoms with Crippen LogP contribution >= 0.6 is 0 Å². The lowest BCUT2D eigenvalue weighted by Gasteiger charge is -2.23. The standard InChI is InChI=1S/C23H31N5O3/c1-8-10-18(27-22(30)31-23(4,5)6)16-11-17(13-24-12-16)20-19(14-25-28(20)7)26-21(29)15(3)9-2/h8-9,11-15,18H,1-2,10H2,3-7H3,(H,26,29)(H,27,30). The molecule has 2 atom stereocenters. The predicted molar refractivity (Wildman–Crippen MR) is 121 cm³/mol. The number of carbonyl (C=O) groups excluding carboxylic acids is 2. The predicted octanol–water partition coefficient (Wildman–Crippen LogP) is 4.38. The average molecular weight is 426 g/mol. The fourth-order valence-electron chi connectivity index (χ4n) is 2.90. The summed E-state index contributed by atoms with van der Waals surface area (Å²) in [7, 11) is 1.79. The monoisotopic (exact) mass is 425 g/mol. The van der Waals surface area contributed by atoms with E-state index in [0.717, 1.165) is 11.1 Å². The normalized spacial score (nSPS) is 13.1. The van der Waals surface area contributed by atoms with Gasteiger partial charge in [-0.2, -0.15) is 5.10 Å². The Morgan fingerprint density at radius 1 is 1.26 bits per heavy atom. The van der Waals surface area contributed by atoms with Crippen LogP contribution in [0, 0.1) is 5.92 Å². The molecule has 2 aromatic rings. The Morgan fingerprint density at radius 2 is 1.97 bits per heavy atom. The number of anilines is 1. The number of rotatable bonds is 8. The van der Waals surface area contributed by atoms with Gasteiger partial charge in [-0.1, -0.05) is 19.1 Å². The lowest BCUT2D eigenvalue weighted by atomic mass is 10.0. The van der Waals surface area contributed by atoms with Gasteiger partial charge in [0.15, 0.2) is 0 Å². The second-order valence-corrected chi connectivity index (χ2v) is 8.27. The van der Waals surface area contributed by atoms with E-state index in [4.69, 9.17) is 4.74 Å². The molecular formula is C23H31N5O3. The van der Waals surface area contributed by atoms with Crippen molar-refractivity contribution in [2.45, 2.75) is 45.8 Å². The summed E-state index contributed by atoms with van der Waals surface area (Å²) in [5.41, 5.74) is 2.20. The van der Waals surface area contributed by atoms with Crippen molar-refractivity contribution in [3.63, 3.8) is 0 Å². The van der Waals surface area contributed by atoms with Crippen molar-refractivity contribution in [1.82, 2.24) is 20.1 Å². The number of pyridine rings is 1. The molecule has 8 nitrogen and oxygen atoms in total. The fraction of sp³-hybridized carbons (Fsp3) is 0.391. The highest BCUT2D eigenvalue weighted by Crippen LogP contribution is 2.30. The molecule has 2 N–H and O–H groups in total. The van der Waals surface area contributed by atoms with Crippen LogP contribution in [0.25, 0.3) is 11.3 Å². The number of aryl methyl sites for hydroxylation is 1. The van der Waals surface area contributed by atoms with Crippen LogP contribution in [0.3, 0.4) is 0 Å². The lowest BCUT2D eigenvalue weighted by molar-refractivity contribution is -0.118. The number of hydrogen-bond acceptors (Lipinski definition) is 5.